The Morgan fingerprint density at radius 2 is 2.06 bits per heavy atom. The average molecular weight is 331 g/mol. The Balaban J connectivity index is 3.02. The van der Waals surface area contributed by atoms with Crippen molar-refractivity contribution in [1.82, 2.24) is 0 Å². The summed E-state index contributed by atoms with van der Waals surface area (Å²) in [6.45, 7) is -1.35. The largest absolute Gasteiger partial charge is 0.406 e. The fourth-order valence-corrected chi connectivity index (χ4v) is 1.75. The molecule has 17 heavy (non-hydrogen) atoms. The predicted octanol–water partition coefficient (Wildman–Crippen LogP) is 3.58. The maximum atomic E-state index is 12.3. The standard InChI is InChI=1S/C10H8BrClF3NO/c11-7-2-1-3-8(4-7)16(9(17)5-12)6-10(13,14)15/h1-4H,5-6H2. The molecule has 0 atom stereocenters. The lowest BCUT2D eigenvalue weighted by Crippen LogP contribution is -2.39. The van der Waals surface area contributed by atoms with Crippen molar-refractivity contribution in [2.45, 2.75) is 6.18 Å². The molecule has 0 bridgehead atoms. The lowest BCUT2D eigenvalue weighted by atomic mass is 10.3. The third-order valence-corrected chi connectivity index (χ3v) is 2.59. The van der Waals surface area contributed by atoms with Crippen LogP contribution < -0.4 is 4.90 Å². The highest BCUT2D eigenvalue weighted by Gasteiger charge is 2.33. The van der Waals surface area contributed by atoms with Gasteiger partial charge in [0.15, 0.2) is 0 Å². The minimum Gasteiger partial charge on any atom is -0.302 e. The molecule has 7 heteroatoms. The normalized spacial score (nSPS) is 11.4. The second-order valence-electron chi connectivity index (χ2n) is 3.21. The van der Waals surface area contributed by atoms with Crippen molar-refractivity contribution in [3.63, 3.8) is 0 Å². The highest BCUT2D eigenvalue weighted by Crippen LogP contribution is 2.25. The van der Waals surface area contributed by atoms with Crippen molar-refractivity contribution < 1.29 is 18.0 Å². The summed E-state index contributed by atoms with van der Waals surface area (Å²) in [7, 11) is 0. The van der Waals surface area contributed by atoms with E-state index in [0.29, 0.717) is 9.37 Å². The highest BCUT2D eigenvalue weighted by molar-refractivity contribution is 9.10. The number of nitrogens with zero attached hydrogens (tertiary/aromatic N) is 1. The molecule has 0 aliphatic heterocycles. The number of benzene rings is 1. The number of amides is 1. The Morgan fingerprint density at radius 3 is 2.53 bits per heavy atom. The van der Waals surface area contributed by atoms with Gasteiger partial charge in [-0.3, -0.25) is 4.79 Å². The summed E-state index contributed by atoms with van der Waals surface area (Å²) in [6, 6.07) is 6.04. The van der Waals surface area contributed by atoms with Crippen molar-refractivity contribution in [3.8, 4) is 0 Å². The van der Waals surface area contributed by atoms with Crippen LogP contribution in [0.15, 0.2) is 28.7 Å². The van der Waals surface area contributed by atoms with Gasteiger partial charge in [-0.15, -0.1) is 11.6 Å². The molecular weight excluding hydrogens is 322 g/mol. The molecule has 0 N–H and O–H groups in total. The minimum absolute atomic E-state index is 0.155. The van der Waals surface area contributed by atoms with E-state index >= 15 is 0 Å². The van der Waals surface area contributed by atoms with Crippen LogP contribution in [-0.2, 0) is 4.79 Å². The topological polar surface area (TPSA) is 20.3 Å². The number of alkyl halides is 4. The highest BCUT2D eigenvalue weighted by atomic mass is 79.9. The molecule has 0 aromatic heterocycles. The zero-order valence-electron chi connectivity index (χ0n) is 8.47. The predicted molar refractivity (Wildman–Crippen MR) is 63.3 cm³/mol. The molecule has 1 aromatic carbocycles. The second-order valence-corrected chi connectivity index (χ2v) is 4.39. The molecule has 0 saturated carbocycles. The molecule has 1 amide bonds. The van der Waals surface area contributed by atoms with Crippen LogP contribution >= 0.6 is 27.5 Å². The first-order chi connectivity index (χ1) is 7.83. The molecule has 0 spiro atoms. The lowest BCUT2D eigenvalue weighted by molar-refractivity contribution is -0.131. The summed E-state index contributed by atoms with van der Waals surface area (Å²) >= 11 is 8.42. The van der Waals surface area contributed by atoms with E-state index in [4.69, 9.17) is 11.6 Å². The molecule has 0 unspecified atom stereocenters. The van der Waals surface area contributed by atoms with Crippen LogP contribution in [0.1, 0.15) is 0 Å². The van der Waals surface area contributed by atoms with E-state index in [1.54, 1.807) is 12.1 Å². The monoisotopic (exact) mass is 329 g/mol. The first-order valence-corrected chi connectivity index (χ1v) is 5.85. The summed E-state index contributed by atoms with van der Waals surface area (Å²) in [4.78, 5) is 12.0. The van der Waals surface area contributed by atoms with Crippen LogP contribution in [0.2, 0.25) is 0 Å². The molecule has 0 saturated heterocycles. The molecule has 0 fully saturated rings. The minimum atomic E-state index is -4.47. The van der Waals surface area contributed by atoms with Crippen LogP contribution in [0.25, 0.3) is 0 Å². The van der Waals surface area contributed by atoms with Gasteiger partial charge in [0.1, 0.15) is 12.4 Å². The van der Waals surface area contributed by atoms with Crippen molar-refractivity contribution >= 4 is 39.1 Å². The van der Waals surface area contributed by atoms with Gasteiger partial charge < -0.3 is 4.90 Å². The Morgan fingerprint density at radius 1 is 1.41 bits per heavy atom. The van der Waals surface area contributed by atoms with E-state index in [1.165, 1.54) is 12.1 Å². The summed E-state index contributed by atoms with van der Waals surface area (Å²) < 4.78 is 37.6. The molecule has 1 aromatic rings. The Labute approximate surface area is 109 Å². The maximum absolute atomic E-state index is 12.3. The average Bonchev–Trinajstić information content (AvgIpc) is 2.23. The van der Waals surface area contributed by atoms with Crippen LogP contribution in [-0.4, -0.2) is 24.5 Å². The summed E-state index contributed by atoms with van der Waals surface area (Å²) in [5.74, 6) is -1.29. The molecule has 94 valence electrons. The zero-order chi connectivity index (χ0) is 13.1. The van der Waals surface area contributed by atoms with Gasteiger partial charge in [-0.1, -0.05) is 22.0 Å². The van der Waals surface area contributed by atoms with E-state index in [2.05, 4.69) is 15.9 Å². The number of rotatable bonds is 3. The van der Waals surface area contributed by atoms with Gasteiger partial charge in [-0.05, 0) is 18.2 Å². The van der Waals surface area contributed by atoms with Gasteiger partial charge in [-0.25, -0.2) is 0 Å². The second kappa shape index (κ2) is 5.73. The number of anilines is 1. The van der Waals surface area contributed by atoms with Crippen molar-refractivity contribution in [1.29, 1.82) is 0 Å². The van der Waals surface area contributed by atoms with E-state index in [0.717, 1.165) is 0 Å². The van der Waals surface area contributed by atoms with Crippen LogP contribution in [0.5, 0.6) is 0 Å². The summed E-state index contributed by atoms with van der Waals surface area (Å²) in [5, 5.41) is 0. The van der Waals surface area contributed by atoms with Crippen molar-refractivity contribution in [3.05, 3.63) is 28.7 Å². The first-order valence-electron chi connectivity index (χ1n) is 4.52. The Hall–Kier alpha value is -0.750. The number of halogens is 5. The first kappa shape index (κ1) is 14.3. The number of carbonyl (C=O) groups is 1. The van der Waals surface area contributed by atoms with E-state index < -0.39 is 24.5 Å². The van der Waals surface area contributed by atoms with Crippen LogP contribution in [0.3, 0.4) is 0 Å². The quantitative estimate of drug-likeness (QED) is 0.776. The molecule has 0 aliphatic rings. The fourth-order valence-electron chi connectivity index (χ4n) is 1.22. The van der Waals surface area contributed by atoms with Gasteiger partial charge in [0.25, 0.3) is 0 Å². The van der Waals surface area contributed by atoms with E-state index in [-0.39, 0.29) is 5.69 Å². The molecule has 1 rings (SSSR count). The summed E-state index contributed by atoms with van der Waals surface area (Å²) in [6.07, 6.45) is -4.47. The van der Waals surface area contributed by atoms with Crippen molar-refractivity contribution in [2.24, 2.45) is 0 Å². The molecule has 0 radical (unpaired) electrons. The third kappa shape index (κ3) is 4.55. The lowest BCUT2D eigenvalue weighted by Gasteiger charge is -2.23. The number of hydrogen-bond acceptors (Lipinski definition) is 1. The fraction of sp³-hybridized carbons (Fsp3) is 0.300. The molecule has 0 heterocycles. The number of hydrogen-bond donors (Lipinski definition) is 0. The van der Waals surface area contributed by atoms with Crippen molar-refractivity contribution in [2.75, 3.05) is 17.3 Å². The smallest absolute Gasteiger partial charge is 0.302 e. The molecule has 0 aliphatic carbocycles. The van der Waals surface area contributed by atoms with Gasteiger partial charge in [0, 0.05) is 10.2 Å². The van der Waals surface area contributed by atoms with Crippen LogP contribution in [0, 0.1) is 0 Å². The van der Waals surface area contributed by atoms with E-state index in [9.17, 15) is 18.0 Å². The Kier molecular flexibility index (Phi) is 4.82. The number of carbonyl (C=O) groups excluding carboxylic acids is 1. The SMILES string of the molecule is O=C(CCl)N(CC(F)(F)F)c1cccc(Br)c1. The molecular formula is C10H8BrClF3NO. The van der Waals surface area contributed by atoms with E-state index in [1.807, 2.05) is 0 Å². The Bertz CT molecular complexity index is 411. The van der Waals surface area contributed by atoms with Gasteiger partial charge in [-0.2, -0.15) is 13.2 Å². The van der Waals surface area contributed by atoms with Gasteiger partial charge >= 0.3 is 6.18 Å². The van der Waals surface area contributed by atoms with Gasteiger partial charge in [0.2, 0.25) is 5.91 Å². The van der Waals surface area contributed by atoms with Gasteiger partial charge in [0.05, 0.1) is 0 Å². The zero-order valence-corrected chi connectivity index (χ0v) is 10.8. The summed E-state index contributed by atoms with van der Waals surface area (Å²) in [5.41, 5.74) is 0.155. The maximum Gasteiger partial charge on any atom is 0.406 e. The third-order valence-electron chi connectivity index (χ3n) is 1.87. The molecule has 2 nitrogen and oxygen atoms in total. The van der Waals surface area contributed by atoms with Crippen LogP contribution in [0.4, 0.5) is 18.9 Å².